The van der Waals surface area contributed by atoms with Gasteiger partial charge in [-0.1, -0.05) is 6.92 Å². The van der Waals surface area contributed by atoms with Gasteiger partial charge in [-0.3, -0.25) is 0 Å². The molecule has 0 amide bonds. The van der Waals surface area contributed by atoms with Crippen LogP contribution in [0.1, 0.15) is 13.3 Å². The summed E-state index contributed by atoms with van der Waals surface area (Å²) in [5, 5.41) is 3.27. The van der Waals surface area contributed by atoms with Crippen molar-refractivity contribution < 1.29 is 4.39 Å². The summed E-state index contributed by atoms with van der Waals surface area (Å²) in [6, 6.07) is 5.15. The van der Waals surface area contributed by atoms with Crippen molar-refractivity contribution in [1.82, 2.24) is 15.3 Å². The fourth-order valence-corrected chi connectivity index (χ4v) is 2.30. The number of nitrogens with one attached hydrogen (secondary N) is 2. The highest BCUT2D eigenvalue weighted by Gasteiger charge is 2.26. The van der Waals surface area contributed by atoms with Crippen LogP contribution in [-0.4, -0.2) is 35.6 Å². The smallest absolute Gasteiger partial charge is 0.204 e. The van der Waals surface area contributed by atoms with E-state index in [1.54, 1.807) is 6.07 Å². The molecule has 2 aromatic rings. The molecule has 96 valence electrons. The summed E-state index contributed by atoms with van der Waals surface area (Å²) in [4.78, 5) is 10.0. The van der Waals surface area contributed by atoms with Gasteiger partial charge < -0.3 is 15.2 Å². The molecule has 0 saturated carbocycles. The third-order valence-corrected chi connectivity index (χ3v) is 3.37. The first-order chi connectivity index (χ1) is 8.78. The van der Waals surface area contributed by atoms with Crippen molar-refractivity contribution in [2.24, 2.45) is 0 Å². The van der Waals surface area contributed by atoms with Gasteiger partial charge in [0.15, 0.2) is 0 Å². The molecule has 1 aromatic heterocycles. The van der Waals surface area contributed by atoms with E-state index in [2.05, 4.69) is 27.1 Å². The molecule has 0 radical (unpaired) electrons. The lowest BCUT2D eigenvalue weighted by molar-refractivity contribution is 0.409. The summed E-state index contributed by atoms with van der Waals surface area (Å²) in [6.07, 6.45) is 1.07. The average molecular weight is 248 g/mol. The van der Waals surface area contributed by atoms with E-state index in [1.165, 1.54) is 12.1 Å². The van der Waals surface area contributed by atoms with E-state index in [1.807, 2.05) is 0 Å². The molecule has 1 fully saturated rings. The van der Waals surface area contributed by atoms with E-state index in [-0.39, 0.29) is 5.82 Å². The molecule has 1 saturated heterocycles. The van der Waals surface area contributed by atoms with Gasteiger partial charge in [0.2, 0.25) is 5.95 Å². The van der Waals surface area contributed by atoms with Crippen LogP contribution in [0.5, 0.6) is 0 Å². The fourth-order valence-electron chi connectivity index (χ4n) is 2.30. The third kappa shape index (κ3) is 1.95. The number of imidazole rings is 1. The van der Waals surface area contributed by atoms with Gasteiger partial charge in [-0.25, -0.2) is 9.37 Å². The van der Waals surface area contributed by atoms with Crippen molar-refractivity contribution in [1.29, 1.82) is 0 Å². The van der Waals surface area contributed by atoms with E-state index < -0.39 is 0 Å². The largest absolute Gasteiger partial charge is 0.337 e. The summed E-state index contributed by atoms with van der Waals surface area (Å²) in [5.74, 6) is 0.619. The Morgan fingerprint density at radius 2 is 2.28 bits per heavy atom. The van der Waals surface area contributed by atoms with Crippen LogP contribution in [0.15, 0.2) is 18.2 Å². The topological polar surface area (TPSA) is 44.0 Å². The Labute approximate surface area is 105 Å². The first kappa shape index (κ1) is 11.5. The molecule has 0 unspecified atom stereocenters. The Balaban J connectivity index is 1.95. The quantitative estimate of drug-likeness (QED) is 0.868. The number of hydrogen-bond acceptors (Lipinski definition) is 3. The Morgan fingerprint density at radius 3 is 2.94 bits per heavy atom. The maximum atomic E-state index is 13.2. The summed E-state index contributed by atoms with van der Waals surface area (Å²) >= 11 is 0. The fraction of sp³-hybridized carbons (Fsp3) is 0.462. The van der Waals surface area contributed by atoms with E-state index in [9.17, 15) is 4.39 Å². The van der Waals surface area contributed by atoms with Gasteiger partial charge in [-0.15, -0.1) is 0 Å². The molecule has 3 rings (SSSR count). The summed E-state index contributed by atoms with van der Waals surface area (Å²) in [5.41, 5.74) is 1.58. The van der Waals surface area contributed by atoms with Gasteiger partial charge in [0.1, 0.15) is 5.82 Å². The molecule has 0 atom stereocenters. The predicted molar refractivity (Wildman–Crippen MR) is 70.3 cm³/mol. The number of halogens is 1. The Bertz CT molecular complexity index is 547. The Morgan fingerprint density at radius 1 is 1.44 bits per heavy atom. The highest BCUT2D eigenvalue weighted by molar-refractivity contribution is 5.77. The van der Waals surface area contributed by atoms with Crippen molar-refractivity contribution >= 4 is 17.0 Å². The molecule has 18 heavy (non-hydrogen) atoms. The van der Waals surface area contributed by atoms with Gasteiger partial charge in [0.25, 0.3) is 0 Å². The second-order valence-corrected chi connectivity index (χ2v) is 4.73. The van der Waals surface area contributed by atoms with Crippen LogP contribution in [0.2, 0.25) is 0 Å². The maximum absolute atomic E-state index is 13.2. The van der Waals surface area contributed by atoms with Crippen LogP contribution >= 0.6 is 0 Å². The van der Waals surface area contributed by atoms with Crippen molar-refractivity contribution in [3.63, 3.8) is 0 Å². The first-order valence-electron chi connectivity index (χ1n) is 6.40. The Kier molecular flexibility index (Phi) is 2.91. The summed E-state index contributed by atoms with van der Waals surface area (Å²) in [7, 11) is 0. The number of hydrogen-bond donors (Lipinski definition) is 2. The molecule has 1 aliphatic heterocycles. The molecule has 0 bridgehead atoms. The maximum Gasteiger partial charge on any atom is 0.204 e. The standard InChI is InChI=1S/C13H17FN4/c1-2-5-18(10-7-15-8-10)13-16-11-4-3-9(14)6-12(11)17-13/h3-4,6,10,15H,2,5,7-8H2,1H3,(H,16,17). The highest BCUT2D eigenvalue weighted by Crippen LogP contribution is 2.21. The zero-order valence-corrected chi connectivity index (χ0v) is 10.4. The number of fused-ring (bicyclic) bond motifs is 1. The summed E-state index contributed by atoms with van der Waals surface area (Å²) < 4.78 is 13.2. The molecule has 0 spiro atoms. The highest BCUT2D eigenvalue weighted by atomic mass is 19.1. The number of rotatable bonds is 4. The van der Waals surface area contributed by atoms with E-state index >= 15 is 0 Å². The van der Waals surface area contributed by atoms with Crippen molar-refractivity contribution in [3.05, 3.63) is 24.0 Å². The number of aromatic nitrogens is 2. The Hall–Kier alpha value is -1.62. The van der Waals surface area contributed by atoms with E-state index in [0.29, 0.717) is 6.04 Å². The van der Waals surface area contributed by atoms with E-state index in [4.69, 9.17) is 0 Å². The van der Waals surface area contributed by atoms with Gasteiger partial charge in [-0.05, 0) is 24.6 Å². The molecule has 5 heteroatoms. The number of aromatic amines is 1. The van der Waals surface area contributed by atoms with Crippen molar-refractivity contribution in [2.45, 2.75) is 19.4 Å². The van der Waals surface area contributed by atoms with Crippen LogP contribution in [0.4, 0.5) is 10.3 Å². The summed E-state index contributed by atoms with van der Waals surface area (Å²) in [6.45, 7) is 5.10. The monoisotopic (exact) mass is 248 g/mol. The van der Waals surface area contributed by atoms with Crippen LogP contribution in [-0.2, 0) is 0 Å². The first-order valence-corrected chi connectivity index (χ1v) is 6.40. The van der Waals surface area contributed by atoms with Crippen molar-refractivity contribution in [2.75, 3.05) is 24.5 Å². The van der Waals surface area contributed by atoms with Crippen LogP contribution in [0.3, 0.4) is 0 Å². The molecule has 2 N–H and O–H groups in total. The minimum atomic E-state index is -0.231. The zero-order valence-electron chi connectivity index (χ0n) is 10.4. The second kappa shape index (κ2) is 4.57. The molecule has 2 heterocycles. The third-order valence-electron chi connectivity index (χ3n) is 3.37. The number of anilines is 1. The minimum absolute atomic E-state index is 0.231. The number of H-pyrrole nitrogens is 1. The van der Waals surface area contributed by atoms with Gasteiger partial charge in [0.05, 0.1) is 17.1 Å². The van der Waals surface area contributed by atoms with Gasteiger partial charge in [-0.2, -0.15) is 0 Å². The molecular weight excluding hydrogens is 231 g/mol. The molecule has 4 nitrogen and oxygen atoms in total. The van der Waals surface area contributed by atoms with Gasteiger partial charge >= 0.3 is 0 Å². The van der Waals surface area contributed by atoms with Crippen LogP contribution < -0.4 is 10.2 Å². The normalized spacial score (nSPS) is 15.9. The SMILES string of the molecule is CCCN(c1nc2ccc(F)cc2[nH]1)C1CNC1. The number of benzene rings is 1. The molecule has 1 aromatic carbocycles. The molecule has 0 aliphatic carbocycles. The lowest BCUT2D eigenvalue weighted by Crippen LogP contribution is -2.57. The molecular formula is C13H17FN4. The van der Waals surface area contributed by atoms with Crippen LogP contribution in [0, 0.1) is 5.82 Å². The second-order valence-electron chi connectivity index (χ2n) is 4.73. The zero-order chi connectivity index (χ0) is 12.5. The molecule has 1 aliphatic rings. The predicted octanol–water partition coefficient (Wildman–Crippen LogP) is 1.89. The lowest BCUT2D eigenvalue weighted by Gasteiger charge is -2.38. The van der Waals surface area contributed by atoms with Gasteiger partial charge in [0, 0.05) is 19.6 Å². The lowest BCUT2D eigenvalue weighted by atomic mass is 10.1. The van der Waals surface area contributed by atoms with E-state index in [0.717, 1.165) is 43.0 Å². The minimum Gasteiger partial charge on any atom is -0.337 e. The van der Waals surface area contributed by atoms with Crippen molar-refractivity contribution in [3.8, 4) is 0 Å². The number of nitrogens with zero attached hydrogens (tertiary/aromatic N) is 2. The average Bonchev–Trinajstić information content (AvgIpc) is 2.68. The van der Waals surface area contributed by atoms with Crippen LogP contribution in [0.25, 0.3) is 11.0 Å².